The largest absolute Gasteiger partial charge is 0.494 e. The SMILES string of the molecule is CCCOc1cccc(C(CC(=O)O)NC=O)c1. The smallest absolute Gasteiger partial charge is 0.305 e. The van der Waals surface area contributed by atoms with Crippen molar-refractivity contribution in [1.29, 1.82) is 0 Å². The van der Waals surface area contributed by atoms with Crippen LogP contribution in [0.15, 0.2) is 24.3 Å². The molecule has 0 saturated heterocycles. The van der Waals surface area contributed by atoms with Crippen LogP contribution in [0.5, 0.6) is 5.75 Å². The van der Waals surface area contributed by atoms with E-state index in [1.54, 1.807) is 24.3 Å². The highest BCUT2D eigenvalue weighted by atomic mass is 16.5. The second kappa shape index (κ2) is 7.32. The van der Waals surface area contributed by atoms with Crippen LogP contribution in [0.4, 0.5) is 0 Å². The Labute approximate surface area is 106 Å². The van der Waals surface area contributed by atoms with Gasteiger partial charge in [0.05, 0.1) is 19.1 Å². The van der Waals surface area contributed by atoms with Crippen LogP contribution in [0.1, 0.15) is 31.4 Å². The number of carbonyl (C=O) groups is 2. The normalized spacial score (nSPS) is 11.6. The van der Waals surface area contributed by atoms with Crippen molar-refractivity contribution in [3.05, 3.63) is 29.8 Å². The Morgan fingerprint density at radius 2 is 2.33 bits per heavy atom. The van der Waals surface area contributed by atoms with E-state index in [1.165, 1.54) is 0 Å². The molecule has 0 radical (unpaired) electrons. The number of carbonyl (C=O) groups excluding carboxylic acids is 1. The molecule has 0 aliphatic rings. The lowest BCUT2D eigenvalue weighted by molar-refractivity contribution is -0.137. The quantitative estimate of drug-likeness (QED) is 0.690. The molecule has 0 heterocycles. The van der Waals surface area contributed by atoms with Crippen molar-refractivity contribution in [2.75, 3.05) is 6.61 Å². The second-order valence-corrected chi connectivity index (χ2v) is 3.86. The molecule has 1 unspecified atom stereocenters. The number of benzene rings is 1. The monoisotopic (exact) mass is 251 g/mol. The van der Waals surface area contributed by atoms with Crippen LogP contribution in [0.2, 0.25) is 0 Å². The molecule has 5 nitrogen and oxygen atoms in total. The highest BCUT2D eigenvalue weighted by Crippen LogP contribution is 2.21. The molecular weight excluding hydrogens is 234 g/mol. The third-order valence-corrected chi connectivity index (χ3v) is 2.38. The average molecular weight is 251 g/mol. The average Bonchev–Trinajstić information content (AvgIpc) is 2.36. The molecule has 0 fully saturated rings. The summed E-state index contributed by atoms with van der Waals surface area (Å²) in [7, 11) is 0. The van der Waals surface area contributed by atoms with E-state index < -0.39 is 12.0 Å². The second-order valence-electron chi connectivity index (χ2n) is 3.86. The van der Waals surface area contributed by atoms with Gasteiger partial charge in [0.15, 0.2) is 0 Å². The summed E-state index contributed by atoms with van der Waals surface area (Å²) < 4.78 is 5.47. The minimum atomic E-state index is -0.964. The summed E-state index contributed by atoms with van der Waals surface area (Å²) in [6.07, 6.45) is 1.25. The lowest BCUT2D eigenvalue weighted by atomic mass is 10.0. The molecule has 1 aromatic carbocycles. The minimum absolute atomic E-state index is 0.157. The summed E-state index contributed by atoms with van der Waals surface area (Å²) in [6, 6.07) is 6.56. The van der Waals surface area contributed by atoms with Gasteiger partial charge in [0, 0.05) is 0 Å². The molecule has 5 heteroatoms. The highest BCUT2D eigenvalue weighted by molar-refractivity contribution is 5.68. The first-order valence-corrected chi connectivity index (χ1v) is 5.81. The topological polar surface area (TPSA) is 75.6 Å². The standard InChI is InChI=1S/C13H17NO4/c1-2-6-18-11-5-3-4-10(7-11)12(14-9-15)8-13(16)17/h3-5,7,9,12H,2,6,8H2,1H3,(H,14,15)(H,16,17). The van der Waals surface area contributed by atoms with Crippen molar-refractivity contribution in [3.8, 4) is 5.75 Å². The van der Waals surface area contributed by atoms with E-state index in [0.29, 0.717) is 18.8 Å². The first-order chi connectivity index (χ1) is 8.67. The number of hydrogen-bond acceptors (Lipinski definition) is 3. The Morgan fingerprint density at radius 1 is 1.56 bits per heavy atom. The number of ether oxygens (including phenoxy) is 1. The molecule has 1 aromatic rings. The fraction of sp³-hybridized carbons (Fsp3) is 0.385. The first kappa shape index (κ1) is 14.0. The molecule has 0 spiro atoms. The van der Waals surface area contributed by atoms with Crippen molar-refractivity contribution in [2.24, 2.45) is 0 Å². The fourth-order valence-corrected chi connectivity index (χ4v) is 1.57. The Bertz CT molecular complexity index is 406. The van der Waals surface area contributed by atoms with Gasteiger partial charge in [0.2, 0.25) is 6.41 Å². The van der Waals surface area contributed by atoms with Crippen molar-refractivity contribution in [3.63, 3.8) is 0 Å². The third kappa shape index (κ3) is 4.45. The van der Waals surface area contributed by atoms with E-state index in [1.807, 2.05) is 6.92 Å². The summed E-state index contributed by atoms with van der Waals surface area (Å²) in [6.45, 7) is 2.61. The number of carboxylic acids is 1. The van der Waals surface area contributed by atoms with Gasteiger partial charge < -0.3 is 15.2 Å². The molecule has 18 heavy (non-hydrogen) atoms. The first-order valence-electron chi connectivity index (χ1n) is 5.81. The molecule has 1 rings (SSSR count). The molecule has 0 aliphatic carbocycles. The van der Waals surface area contributed by atoms with Gasteiger partial charge in [0.1, 0.15) is 5.75 Å². The zero-order valence-electron chi connectivity index (χ0n) is 10.3. The van der Waals surface area contributed by atoms with Gasteiger partial charge in [-0.05, 0) is 24.1 Å². The number of amides is 1. The third-order valence-electron chi connectivity index (χ3n) is 2.38. The molecule has 0 aliphatic heterocycles. The van der Waals surface area contributed by atoms with Crippen LogP contribution < -0.4 is 10.1 Å². The van der Waals surface area contributed by atoms with Crippen molar-refractivity contribution >= 4 is 12.4 Å². The van der Waals surface area contributed by atoms with E-state index >= 15 is 0 Å². The van der Waals surface area contributed by atoms with E-state index in [9.17, 15) is 9.59 Å². The molecule has 1 amide bonds. The van der Waals surface area contributed by atoms with E-state index in [0.717, 1.165) is 12.0 Å². The van der Waals surface area contributed by atoms with E-state index in [4.69, 9.17) is 9.84 Å². The lowest BCUT2D eigenvalue weighted by Crippen LogP contribution is -2.22. The van der Waals surface area contributed by atoms with Gasteiger partial charge in [-0.3, -0.25) is 9.59 Å². The fourth-order valence-electron chi connectivity index (χ4n) is 1.57. The van der Waals surface area contributed by atoms with Gasteiger partial charge in [-0.1, -0.05) is 19.1 Å². The number of hydrogen-bond donors (Lipinski definition) is 2. The predicted octanol–water partition coefficient (Wildman–Crippen LogP) is 1.74. The molecule has 0 aromatic heterocycles. The maximum Gasteiger partial charge on any atom is 0.305 e. The van der Waals surface area contributed by atoms with Gasteiger partial charge in [-0.2, -0.15) is 0 Å². The summed E-state index contributed by atoms with van der Waals surface area (Å²) >= 11 is 0. The van der Waals surface area contributed by atoms with Crippen molar-refractivity contribution < 1.29 is 19.4 Å². The summed E-state index contributed by atoms with van der Waals surface area (Å²) in [4.78, 5) is 21.2. The predicted molar refractivity (Wildman–Crippen MR) is 66.4 cm³/mol. The Hall–Kier alpha value is -2.04. The van der Waals surface area contributed by atoms with E-state index in [-0.39, 0.29) is 6.42 Å². The summed E-state index contributed by atoms with van der Waals surface area (Å²) in [5.74, 6) is -0.285. The van der Waals surface area contributed by atoms with Gasteiger partial charge in [-0.25, -0.2) is 0 Å². The molecular formula is C13H17NO4. The van der Waals surface area contributed by atoms with Crippen LogP contribution in [-0.2, 0) is 9.59 Å². The van der Waals surface area contributed by atoms with Crippen LogP contribution >= 0.6 is 0 Å². The number of nitrogens with one attached hydrogen (secondary N) is 1. The molecule has 98 valence electrons. The number of rotatable bonds is 8. The number of aliphatic carboxylic acids is 1. The van der Waals surface area contributed by atoms with Gasteiger partial charge in [-0.15, -0.1) is 0 Å². The Kier molecular flexibility index (Phi) is 5.70. The summed E-state index contributed by atoms with van der Waals surface area (Å²) in [5.41, 5.74) is 0.720. The Balaban J connectivity index is 2.82. The number of carboxylic acid groups (broad SMARTS) is 1. The maximum absolute atomic E-state index is 10.7. The van der Waals surface area contributed by atoms with E-state index in [2.05, 4.69) is 5.32 Å². The van der Waals surface area contributed by atoms with Crippen LogP contribution in [-0.4, -0.2) is 24.1 Å². The zero-order valence-corrected chi connectivity index (χ0v) is 10.3. The molecule has 0 saturated carbocycles. The minimum Gasteiger partial charge on any atom is -0.494 e. The molecule has 0 bridgehead atoms. The van der Waals surface area contributed by atoms with Crippen LogP contribution in [0.3, 0.4) is 0 Å². The molecule has 2 N–H and O–H groups in total. The molecule has 1 atom stereocenters. The zero-order chi connectivity index (χ0) is 13.4. The maximum atomic E-state index is 10.7. The van der Waals surface area contributed by atoms with Gasteiger partial charge in [0.25, 0.3) is 0 Å². The Morgan fingerprint density at radius 3 is 2.94 bits per heavy atom. The lowest BCUT2D eigenvalue weighted by Gasteiger charge is -2.15. The van der Waals surface area contributed by atoms with Crippen LogP contribution in [0, 0.1) is 0 Å². The van der Waals surface area contributed by atoms with Crippen LogP contribution in [0.25, 0.3) is 0 Å². The van der Waals surface area contributed by atoms with Crippen molar-refractivity contribution in [1.82, 2.24) is 5.32 Å². The summed E-state index contributed by atoms with van der Waals surface area (Å²) in [5, 5.41) is 11.3. The van der Waals surface area contributed by atoms with Crippen molar-refractivity contribution in [2.45, 2.75) is 25.8 Å². The van der Waals surface area contributed by atoms with Gasteiger partial charge >= 0.3 is 5.97 Å². The highest BCUT2D eigenvalue weighted by Gasteiger charge is 2.15.